The van der Waals surface area contributed by atoms with Gasteiger partial charge in [-0.15, -0.1) is 5.10 Å². The lowest BCUT2D eigenvalue weighted by atomic mass is 9.92. The van der Waals surface area contributed by atoms with Crippen molar-refractivity contribution in [2.24, 2.45) is 7.05 Å². The van der Waals surface area contributed by atoms with Crippen LogP contribution in [-0.4, -0.2) is 44.9 Å². The molecule has 0 spiro atoms. The molecule has 2 rings (SSSR count). The van der Waals surface area contributed by atoms with Crippen molar-refractivity contribution in [3.63, 3.8) is 0 Å². The number of hydrogen-bond donors (Lipinski definition) is 1. The summed E-state index contributed by atoms with van der Waals surface area (Å²) in [6.07, 6.45) is 0.219. The number of esters is 1. The highest BCUT2D eigenvalue weighted by Gasteiger charge is 2.37. The highest BCUT2D eigenvalue weighted by atomic mass is 32.2. The monoisotopic (exact) mass is 349 g/mol. The summed E-state index contributed by atoms with van der Waals surface area (Å²) in [5.41, 5.74) is -0.570. The van der Waals surface area contributed by atoms with E-state index in [0.717, 1.165) is 0 Å². The molecule has 9 heteroatoms. The molecule has 128 valence electrons. The fourth-order valence-electron chi connectivity index (χ4n) is 2.14. The molecule has 1 N–H and O–H groups in total. The summed E-state index contributed by atoms with van der Waals surface area (Å²) in [5, 5.41) is 14.5. The average Bonchev–Trinajstić information content (AvgIpc) is 3.00. The summed E-state index contributed by atoms with van der Waals surface area (Å²) < 4.78 is 6.39. The van der Waals surface area contributed by atoms with Crippen LogP contribution in [0.25, 0.3) is 0 Å². The maximum absolute atomic E-state index is 12.3. The highest BCUT2D eigenvalue weighted by molar-refractivity contribution is 7.99. The molecule has 0 fully saturated rings. The number of carbonyl (C=O) groups is 2. The Bertz CT molecular complexity index is 706. The van der Waals surface area contributed by atoms with Gasteiger partial charge in [-0.3, -0.25) is 4.79 Å². The van der Waals surface area contributed by atoms with E-state index in [1.165, 1.54) is 23.6 Å². The van der Waals surface area contributed by atoms with Crippen LogP contribution in [0.3, 0.4) is 0 Å². The smallest absolute Gasteiger partial charge is 0.336 e. The third-order valence-electron chi connectivity index (χ3n) is 3.48. The van der Waals surface area contributed by atoms with Crippen LogP contribution in [0.5, 0.6) is 0 Å². The lowest BCUT2D eigenvalue weighted by Gasteiger charge is -2.28. The molecule has 0 aliphatic heterocycles. The van der Waals surface area contributed by atoms with Gasteiger partial charge in [-0.2, -0.15) is 0 Å². The Hall–Kier alpha value is -2.42. The third-order valence-corrected chi connectivity index (χ3v) is 4.49. The van der Waals surface area contributed by atoms with E-state index >= 15 is 0 Å². The Balaban J connectivity index is 2.00. The first-order valence-corrected chi connectivity index (χ1v) is 8.26. The van der Waals surface area contributed by atoms with Crippen LogP contribution in [0.15, 0.2) is 35.5 Å². The molecule has 1 aromatic carbocycles. The lowest BCUT2D eigenvalue weighted by molar-refractivity contribution is -0.150. The number of ether oxygens (including phenoxy) is 1. The predicted octanol–water partition coefficient (Wildman–Crippen LogP) is 0.897. The zero-order valence-electron chi connectivity index (χ0n) is 13.7. The van der Waals surface area contributed by atoms with Gasteiger partial charge in [0.2, 0.25) is 11.1 Å². The van der Waals surface area contributed by atoms with Crippen molar-refractivity contribution in [2.75, 3.05) is 12.9 Å². The van der Waals surface area contributed by atoms with Gasteiger partial charge < -0.3 is 10.1 Å². The number of benzene rings is 1. The molecule has 8 nitrogen and oxygen atoms in total. The van der Waals surface area contributed by atoms with Crippen molar-refractivity contribution < 1.29 is 14.3 Å². The first-order chi connectivity index (χ1) is 11.5. The van der Waals surface area contributed by atoms with Crippen LogP contribution in [0.4, 0.5) is 0 Å². The van der Waals surface area contributed by atoms with Crippen molar-refractivity contribution >= 4 is 23.6 Å². The van der Waals surface area contributed by atoms with E-state index in [-0.39, 0.29) is 12.3 Å². The largest absolute Gasteiger partial charge is 0.467 e. The van der Waals surface area contributed by atoms with Crippen molar-refractivity contribution in [3.8, 4) is 0 Å². The first kappa shape index (κ1) is 17.9. The van der Waals surface area contributed by atoms with Crippen LogP contribution in [0.2, 0.25) is 0 Å². The zero-order chi connectivity index (χ0) is 17.6. The fourth-order valence-corrected chi connectivity index (χ4v) is 2.92. The van der Waals surface area contributed by atoms with E-state index in [1.807, 2.05) is 6.07 Å². The molecule has 1 atom stereocenters. The Morgan fingerprint density at radius 1 is 1.33 bits per heavy atom. The van der Waals surface area contributed by atoms with Gasteiger partial charge in [0.1, 0.15) is 0 Å². The fraction of sp³-hybridized carbons (Fsp3) is 0.400. The topological polar surface area (TPSA) is 99.0 Å². The summed E-state index contributed by atoms with van der Waals surface area (Å²) >= 11 is 1.37. The van der Waals surface area contributed by atoms with E-state index < -0.39 is 11.5 Å². The highest BCUT2D eigenvalue weighted by Crippen LogP contribution is 2.23. The van der Waals surface area contributed by atoms with Crippen LogP contribution in [-0.2, 0) is 26.9 Å². The molecule has 0 saturated carbocycles. The number of carbonyl (C=O) groups excluding carboxylic acids is 2. The molecule has 2 aromatic rings. The SMILES string of the molecule is COC(=O)C(C)(NC(=O)CCSc1nnnn1C)c1ccccc1. The van der Waals surface area contributed by atoms with E-state index in [4.69, 9.17) is 4.74 Å². The van der Waals surface area contributed by atoms with E-state index in [9.17, 15) is 9.59 Å². The normalized spacial score (nSPS) is 13.1. The van der Waals surface area contributed by atoms with Crippen molar-refractivity contribution in [2.45, 2.75) is 24.0 Å². The third kappa shape index (κ3) is 4.10. The Labute approximate surface area is 144 Å². The number of aromatic nitrogens is 4. The van der Waals surface area contributed by atoms with Crippen molar-refractivity contribution in [1.29, 1.82) is 0 Å². The van der Waals surface area contributed by atoms with Gasteiger partial charge in [0.05, 0.1) is 7.11 Å². The summed E-state index contributed by atoms with van der Waals surface area (Å²) in [7, 11) is 3.03. The number of nitrogens with zero attached hydrogens (tertiary/aromatic N) is 4. The number of amides is 1. The second-order valence-corrected chi connectivity index (χ2v) is 6.28. The molecular formula is C15H19N5O3S. The summed E-state index contributed by atoms with van der Waals surface area (Å²) in [4.78, 5) is 24.5. The zero-order valence-corrected chi connectivity index (χ0v) is 14.5. The predicted molar refractivity (Wildman–Crippen MR) is 88.1 cm³/mol. The van der Waals surface area contributed by atoms with Gasteiger partial charge in [-0.05, 0) is 22.9 Å². The molecule has 1 aromatic heterocycles. The maximum atomic E-state index is 12.3. The van der Waals surface area contributed by atoms with Gasteiger partial charge in [0, 0.05) is 19.2 Å². The van der Waals surface area contributed by atoms with E-state index in [0.29, 0.717) is 16.5 Å². The quantitative estimate of drug-likeness (QED) is 0.585. The number of aryl methyl sites for hydroxylation is 1. The summed E-state index contributed by atoms with van der Waals surface area (Å²) in [6.45, 7) is 1.63. The number of hydrogen-bond acceptors (Lipinski definition) is 7. The second-order valence-electron chi connectivity index (χ2n) is 5.21. The summed E-state index contributed by atoms with van der Waals surface area (Å²) in [6, 6.07) is 9.00. The standard InChI is InChI=1S/C15H19N5O3S/c1-15(13(22)23-3,11-7-5-4-6-8-11)16-12(21)9-10-24-14-17-18-19-20(14)2/h4-8H,9-10H2,1-3H3,(H,16,21). The van der Waals surface area contributed by atoms with Gasteiger partial charge in [0.25, 0.3) is 0 Å². The number of thioether (sulfide) groups is 1. The Morgan fingerprint density at radius 3 is 2.62 bits per heavy atom. The molecule has 1 amide bonds. The minimum Gasteiger partial charge on any atom is -0.467 e. The molecule has 0 saturated heterocycles. The minimum atomic E-state index is -1.23. The van der Waals surface area contributed by atoms with Gasteiger partial charge in [0.15, 0.2) is 5.54 Å². The maximum Gasteiger partial charge on any atom is 0.336 e. The van der Waals surface area contributed by atoms with Crippen LogP contribution >= 0.6 is 11.8 Å². The molecular weight excluding hydrogens is 330 g/mol. The number of nitrogens with one attached hydrogen (secondary N) is 1. The number of methoxy groups -OCH3 is 1. The number of tetrazole rings is 1. The molecule has 1 unspecified atom stereocenters. The molecule has 0 aliphatic rings. The minimum absolute atomic E-state index is 0.219. The lowest BCUT2D eigenvalue weighted by Crippen LogP contribution is -2.50. The van der Waals surface area contributed by atoms with Crippen LogP contribution in [0.1, 0.15) is 18.9 Å². The molecule has 1 heterocycles. The summed E-state index contributed by atoms with van der Waals surface area (Å²) in [5.74, 6) is -0.284. The first-order valence-electron chi connectivity index (χ1n) is 7.27. The molecule has 0 aliphatic carbocycles. The Morgan fingerprint density at radius 2 is 2.04 bits per heavy atom. The van der Waals surface area contributed by atoms with Crippen LogP contribution < -0.4 is 5.32 Å². The second kappa shape index (κ2) is 7.91. The van der Waals surface area contributed by atoms with E-state index in [1.54, 1.807) is 38.2 Å². The average molecular weight is 349 g/mol. The molecule has 24 heavy (non-hydrogen) atoms. The van der Waals surface area contributed by atoms with Gasteiger partial charge >= 0.3 is 5.97 Å². The van der Waals surface area contributed by atoms with Crippen molar-refractivity contribution in [3.05, 3.63) is 35.9 Å². The number of rotatable bonds is 7. The van der Waals surface area contributed by atoms with Crippen molar-refractivity contribution in [1.82, 2.24) is 25.5 Å². The van der Waals surface area contributed by atoms with Gasteiger partial charge in [-0.25, -0.2) is 9.48 Å². The molecule has 0 bridgehead atoms. The Kier molecular flexibility index (Phi) is 5.91. The van der Waals surface area contributed by atoms with Gasteiger partial charge in [-0.1, -0.05) is 42.1 Å². The van der Waals surface area contributed by atoms with Crippen LogP contribution in [0, 0.1) is 0 Å². The molecule has 0 radical (unpaired) electrons. The van der Waals surface area contributed by atoms with E-state index in [2.05, 4.69) is 20.8 Å².